The van der Waals surface area contributed by atoms with Crippen molar-refractivity contribution in [3.8, 4) is 0 Å². The summed E-state index contributed by atoms with van der Waals surface area (Å²) in [4.78, 5) is 13.8. The van der Waals surface area contributed by atoms with Crippen LogP contribution in [0.2, 0.25) is 0 Å². The number of rotatable bonds is 3. The van der Waals surface area contributed by atoms with Gasteiger partial charge in [-0.1, -0.05) is 19.3 Å². The minimum atomic E-state index is -0.429. The van der Waals surface area contributed by atoms with Crippen LogP contribution in [0.5, 0.6) is 0 Å². The summed E-state index contributed by atoms with van der Waals surface area (Å²) in [7, 11) is 0. The molecule has 0 radical (unpaired) electrons. The molecule has 0 aliphatic heterocycles. The number of amides is 1. The van der Waals surface area contributed by atoms with Crippen LogP contribution in [0.3, 0.4) is 0 Å². The predicted octanol–water partition coefficient (Wildman–Crippen LogP) is 2.06. The SMILES string of the molecule is Cc1sc(C(=O)NC2(CO)CCCCC2)cc1N. The molecule has 4 nitrogen and oxygen atoms in total. The Balaban J connectivity index is 2.09. The second-order valence-electron chi connectivity index (χ2n) is 5.08. The second-order valence-corrected chi connectivity index (χ2v) is 6.33. The molecule has 100 valence electrons. The van der Waals surface area contributed by atoms with Crippen molar-refractivity contribution in [3.05, 3.63) is 15.8 Å². The molecule has 1 aromatic rings. The molecule has 2 rings (SSSR count). The normalized spacial score (nSPS) is 18.6. The van der Waals surface area contributed by atoms with Crippen LogP contribution in [0.4, 0.5) is 5.69 Å². The van der Waals surface area contributed by atoms with Crippen molar-refractivity contribution in [2.24, 2.45) is 0 Å². The average molecular weight is 268 g/mol. The van der Waals surface area contributed by atoms with Crippen LogP contribution < -0.4 is 11.1 Å². The number of hydrogen-bond acceptors (Lipinski definition) is 4. The van der Waals surface area contributed by atoms with Crippen molar-refractivity contribution in [1.29, 1.82) is 0 Å². The van der Waals surface area contributed by atoms with Crippen LogP contribution in [-0.4, -0.2) is 23.2 Å². The second kappa shape index (κ2) is 5.28. The van der Waals surface area contributed by atoms with E-state index in [1.165, 1.54) is 17.8 Å². The van der Waals surface area contributed by atoms with E-state index in [4.69, 9.17) is 5.73 Å². The Morgan fingerprint density at radius 3 is 2.67 bits per heavy atom. The fraction of sp³-hybridized carbons (Fsp3) is 0.615. The Kier molecular flexibility index (Phi) is 3.92. The maximum absolute atomic E-state index is 12.2. The summed E-state index contributed by atoms with van der Waals surface area (Å²) < 4.78 is 0. The summed E-state index contributed by atoms with van der Waals surface area (Å²) >= 11 is 1.40. The van der Waals surface area contributed by atoms with Gasteiger partial charge in [0.1, 0.15) is 0 Å². The summed E-state index contributed by atoms with van der Waals surface area (Å²) in [6.07, 6.45) is 5.02. The van der Waals surface area contributed by atoms with E-state index in [9.17, 15) is 9.90 Å². The predicted molar refractivity (Wildman–Crippen MR) is 73.8 cm³/mol. The van der Waals surface area contributed by atoms with Crippen molar-refractivity contribution in [2.45, 2.75) is 44.6 Å². The molecule has 0 unspecified atom stereocenters. The highest BCUT2D eigenvalue weighted by atomic mass is 32.1. The van der Waals surface area contributed by atoms with E-state index < -0.39 is 5.54 Å². The summed E-state index contributed by atoms with van der Waals surface area (Å²) in [5, 5.41) is 12.6. The smallest absolute Gasteiger partial charge is 0.261 e. The van der Waals surface area contributed by atoms with Gasteiger partial charge in [-0.25, -0.2) is 0 Å². The first-order valence-corrected chi connectivity index (χ1v) is 7.17. The highest BCUT2D eigenvalue weighted by Gasteiger charge is 2.33. The van der Waals surface area contributed by atoms with Crippen LogP contribution in [0.25, 0.3) is 0 Å². The average Bonchev–Trinajstić information content (AvgIpc) is 2.71. The zero-order chi connectivity index (χ0) is 13.2. The lowest BCUT2D eigenvalue weighted by Gasteiger charge is -2.36. The van der Waals surface area contributed by atoms with Gasteiger partial charge >= 0.3 is 0 Å². The highest BCUT2D eigenvalue weighted by molar-refractivity contribution is 7.14. The Morgan fingerprint density at radius 1 is 1.50 bits per heavy atom. The molecule has 0 bridgehead atoms. The molecule has 1 aliphatic carbocycles. The maximum atomic E-state index is 12.2. The molecule has 0 spiro atoms. The van der Waals surface area contributed by atoms with E-state index in [2.05, 4.69) is 5.32 Å². The Morgan fingerprint density at radius 2 is 2.17 bits per heavy atom. The van der Waals surface area contributed by atoms with Crippen LogP contribution in [-0.2, 0) is 0 Å². The molecule has 1 saturated carbocycles. The van der Waals surface area contributed by atoms with Gasteiger partial charge in [-0.15, -0.1) is 11.3 Å². The highest BCUT2D eigenvalue weighted by Crippen LogP contribution is 2.29. The van der Waals surface area contributed by atoms with Crippen LogP contribution >= 0.6 is 11.3 Å². The molecule has 5 heteroatoms. The monoisotopic (exact) mass is 268 g/mol. The van der Waals surface area contributed by atoms with Gasteiger partial charge in [0.15, 0.2) is 0 Å². The van der Waals surface area contributed by atoms with E-state index in [0.29, 0.717) is 10.6 Å². The quantitative estimate of drug-likeness (QED) is 0.785. The van der Waals surface area contributed by atoms with Gasteiger partial charge < -0.3 is 16.2 Å². The minimum Gasteiger partial charge on any atom is -0.398 e. The third-order valence-corrected chi connectivity index (χ3v) is 4.74. The van der Waals surface area contributed by atoms with Gasteiger partial charge in [0.2, 0.25) is 0 Å². The first-order chi connectivity index (χ1) is 8.56. The van der Waals surface area contributed by atoms with Gasteiger partial charge in [-0.05, 0) is 25.8 Å². The first kappa shape index (κ1) is 13.4. The fourth-order valence-electron chi connectivity index (χ4n) is 2.46. The van der Waals surface area contributed by atoms with E-state index in [1.54, 1.807) is 6.07 Å². The number of aryl methyl sites for hydroxylation is 1. The molecule has 1 aromatic heterocycles. The summed E-state index contributed by atoms with van der Waals surface area (Å²) in [5.41, 5.74) is 5.99. The van der Waals surface area contributed by atoms with Crippen molar-refractivity contribution in [2.75, 3.05) is 12.3 Å². The van der Waals surface area contributed by atoms with Crippen molar-refractivity contribution in [1.82, 2.24) is 5.32 Å². The molecule has 0 aromatic carbocycles. The zero-order valence-electron chi connectivity index (χ0n) is 10.7. The number of anilines is 1. The molecule has 1 aliphatic rings. The zero-order valence-corrected chi connectivity index (χ0v) is 11.5. The molecule has 0 atom stereocenters. The number of nitrogens with one attached hydrogen (secondary N) is 1. The Bertz CT molecular complexity index is 417. The summed E-state index contributed by atoms with van der Waals surface area (Å²) in [5.74, 6) is -0.115. The number of thiophene rings is 1. The Hall–Kier alpha value is -1.07. The van der Waals surface area contributed by atoms with E-state index >= 15 is 0 Å². The fourth-order valence-corrected chi connectivity index (χ4v) is 3.30. The lowest BCUT2D eigenvalue weighted by molar-refractivity contribution is 0.0762. The van der Waals surface area contributed by atoms with E-state index in [-0.39, 0.29) is 12.5 Å². The van der Waals surface area contributed by atoms with Gasteiger partial charge in [0, 0.05) is 10.6 Å². The molecule has 18 heavy (non-hydrogen) atoms. The van der Waals surface area contributed by atoms with Crippen LogP contribution in [0.1, 0.15) is 46.7 Å². The van der Waals surface area contributed by atoms with Crippen LogP contribution in [0.15, 0.2) is 6.07 Å². The number of carbonyl (C=O) groups is 1. The van der Waals surface area contributed by atoms with Gasteiger partial charge in [0.25, 0.3) is 5.91 Å². The van der Waals surface area contributed by atoms with Crippen LogP contribution in [0, 0.1) is 6.92 Å². The third-order valence-electron chi connectivity index (χ3n) is 3.67. The first-order valence-electron chi connectivity index (χ1n) is 6.36. The van der Waals surface area contributed by atoms with E-state index in [1.807, 2.05) is 6.92 Å². The van der Waals surface area contributed by atoms with Crippen molar-refractivity contribution < 1.29 is 9.90 Å². The molecule has 1 amide bonds. The molecule has 1 heterocycles. The lowest BCUT2D eigenvalue weighted by Crippen LogP contribution is -2.52. The summed E-state index contributed by atoms with van der Waals surface area (Å²) in [6, 6.07) is 1.71. The molecular weight excluding hydrogens is 248 g/mol. The number of aliphatic hydroxyl groups is 1. The molecule has 4 N–H and O–H groups in total. The standard InChI is InChI=1S/C13H20N2O2S/c1-9-10(14)7-11(18-9)12(17)15-13(8-16)5-3-2-4-6-13/h7,16H,2-6,8,14H2,1H3,(H,15,17). The molecule has 0 saturated heterocycles. The van der Waals surface area contributed by atoms with Gasteiger partial charge in [-0.2, -0.15) is 0 Å². The van der Waals surface area contributed by atoms with Gasteiger partial charge in [-0.3, -0.25) is 4.79 Å². The van der Waals surface area contributed by atoms with Gasteiger partial charge in [0.05, 0.1) is 17.0 Å². The number of nitrogens with two attached hydrogens (primary N) is 1. The minimum absolute atomic E-state index is 0.0125. The number of carbonyl (C=O) groups excluding carboxylic acids is 1. The lowest BCUT2D eigenvalue weighted by atomic mass is 9.82. The van der Waals surface area contributed by atoms with E-state index in [0.717, 1.165) is 30.6 Å². The topological polar surface area (TPSA) is 75.3 Å². The number of hydrogen-bond donors (Lipinski definition) is 3. The van der Waals surface area contributed by atoms with Crippen molar-refractivity contribution >= 4 is 22.9 Å². The third kappa shape index (κ3) is 2.67. The number of aliphatic hydroxyl groups excluding tert-OH is 1. The Labute approximate surface area is 111 Å². The largest absolute Gasteiger partial charge is 0.398 e. The molecular formula is C13H20N2O2S. The number of nitrogen functional groups attached to an aromatic ring is 1. The van der Waals surface area contributed by atoms with Crippen molar-refractivity contribution in [3.63, 3.8) is 0 Å². The molecule has 1 fully saturated rings. The maximum Gasteiger partial charge on any atom is 0.261 e. The summed E-state index contributed by atoms with van der Waals surface area (Å²) in [6.45, 7) is 1.91.